The molecule has 0 aromatic heterocycles. The molecular weight excluding hydrogens is 717 g/mol. The summed E-state index contributed by atoms with van der Waals surface area (Å²) >= 11 is 11.5. The Morgan fingerprint density at radius 1 is 0.925 bits per heavy atom. The van der Waals surface area contributed by atoms with Crippen LogP contribution >= 0.6 is 23.2 Å². The number of allylic oxidation sites excluding steroid dienone is 2. The van der Waals surface area contributed by atoms with Crippen LogP contribution in [-0.2, 0) is 15.6 Å². The molecule has 0 bridgehead atoms. The summed E-state index contributed by atoms with van der Waals surface area (Å²) in [6.07, 6.45) is 1.68. The molecule has 0 heterocycles. The number of nitrogens with zero attached hydrogens (tertiary/aromatic N) is 3. The summed E-state index contributed by atoms with van der Waals surface area (Å²) in [4.78, 5) is 10.9. The molecule has 13 heteroatoms. The van der Waals surface area contributed by atoms with Gasteiger partial charge in [-0.1, -0.05) is 53.4 Å². The molecule has 0 aliphatic heterocycles. The molecule has 2 aromatic rings. The molecule has 2 rings (SSSR count). The molecule has 0 fully saturated rings. The van der Waals surface area contributed by atoms with Crippen LogP contribution in [0.15, 0.2) is 60.4 Å². The van der Waals surface area contributed by atoms with Gasteiger partial charge in [0.15, 0.2) is 6.07 Å². The van der Waals surface area contributed by atoms with Crippen molar-refractivity contribution in [2.75, 3.05) is 14.1 Å². The topological polar surface area (TPSA) is 99.4 Å². The molecule has 2 aromatic carbocycles. The van der Waals surface area contributed by atoms with Crippen LogP contribution in [0.1, 0.15) is 40.2 Å². The third-order valence-corrected chi connectivity index (χ3v) is 5.07. The molecule has 210 valence electrons. The van der Waals surface area contributed by atoms with E-state index in [0.29, 0.717) is 10.0 Å². The minimum atomic E-state index is -0.791. The van der Waals surface area contributed by atoms with Crippen LogP contribution in [0.4, 0.5) is 13.5 Å². The number of carbonyl (C=O) groups excluding carboxylic acids is 1. The van der Waals surface area contributed by atoms with Crippen molar-refractivity contribution in [3.63, 3.8) is 0 Å². The van der Waals surface area contributed by atoms with Crippen molar-refractivity contribution in [1.29, 1.82) is 10.5 Å². The molecule has 40 heavy (non-hydrogen) atoms. The van der Waals surface area contributed by atoms with Gasteiger partial charge in [-0.05, 0) is 63.1 Å². The average Bonchev–Trinajstić information content (AvgIpc) is 2.85. The number of rotatable bonds is 4. The van der Waals surface area contributed by atoms with Crippen molar-refractivity contribution in [3.8, 4) is 24.0 Å². The van der Waals surface area contributed by atoms with Crippen LogP contribution < -0.4 is 125 Å². The maximum Gasteiger partial charge on any atom is 1.00 e. The molecular formula is C27H31Cl2CsF4KN3O2. The van der Waals surface area contributed by atoms with Crippen molar-refractivity contribution in [3.05, 3.63) is 81.6 Å². The molecule has 5 nitrogen and oxygen atoms in total. The van der Waals surface area contributed by atoms with E-state index < -0.39 is 11.2 Å². The first-order valence-electron chi connectivity index (χ1n) is 10.3. The third kappa shape index (κ3) is 22.7. The van der Waals surface area contributed by atoms with Crippen molar-refractivity contribution < 1.29 is 150 Å². The minimum Gasteiger partial charge on any atom is -1.00 e. The Hall–Kier alpha value is 0.138. The summed E-state index contributed by atoms with van der Waals surface area (Å²) in [6.45, 7) is 7.39. The maximum absolute atomic E-state index is 13.6. The second kappa shape index (κ2) is 29.2. The van der Waals surface area contributed by atoms with Crippen LogP contribution in [0, 0.1) is 34.5 Å². The Bertz CT molecular complexity index is 1130. The molecule has 0 aliphatic carbocycles. The van der Waals surface area contributed by atoms with E-state index >= 15 is 0 Å². The Kier molecular flexibility index (Phi) is 38.5. The van der Waals surface area contributed by atoms with E-state index in [0.717, 1.165) is 23.6 Å². The second-order valence-corrected chi connectivity index (χ2v) is 9.19. The monoisotopic (exact) mass is 747 g/mol. The summed E-state index contributed by atoms with van der Waals surface area (Å²) in [5, 5.41) is 18.1. The van der Waals surface area contributed by atoms with Gasteiger partial charge in [-0.3, -0.25) is 4.79 Å². The number of halogens is 6. The summed E-state index contributed by atoms with van der Waals surface area (Å²) in [5.74, 6) is 4.86. The van der Waals surface area contributed by atoms with Crippen LogP contribution in [0.25, 0.3) is 0 Å². The van der Waals surface area contributed by atoms with E-state index in [2.05, 4.69) is 11.8 Å². The largest absolute Gasteiger partial charge is 1.00 e. The first-order valence-corrected chi connectivity index (χ1v) is 11.0. The normalized spacial score (nSPS) is 9.07. The first-order chi connectivity index (χ1) is 16.8. The fourth-order valence-electron chi connectivity index (χ4n) is 2.36. The molecule has 2 N–H and O–H groups in total. The zero-order valence-corrected chi connectivity index (χ0v) is 34.7. The van der Waals surface area contributed by atoms with Gasteiger partial charge >= 0.3 is 120 Å². The fourth-order valence-corrected chi connectivity index (χ4v) is 2.62. The SMILES string of the molecule is CC(C)(/C(F)=C/C#N)c1ccc(Cl)cc1.CC(C)(C#CC#N)c1ccc(Cl)cc1.CN(C)C=O.FF.O.[Cs+].[F-].[H-].[K+]. The van der Waals surface area contributed by atoms with Gasteiger partial charge in [0.1, 0.15) is 5.83 Å². The Morgan fingerprint density at radius 2 is 1.27 bits per heavy atom. The smallest absolute Gasteiger partial charge is 1.00 e. The second-order valence-electron chi connectivity index (χ2n) is 8.32. The summed E-state index contributed by atoms with van der Waals surface area (Å²) < 4.78 is 29.6. The van der Waals surface area contributed by atoms with Gasteiger partial charge in [-0.2, -0.15) is 10.5 Å². The number of nitriles is 2. The van der Waals surface area contributed by atoms with E-state index in [-0.39, 0.29) is 137 Å². The van der Waals surface area contributed by atoms with E-state index in [9.17, 15) is 9.18 Å². The van der Waals surface area contributed by atoms with Crippen molar-refractivity contribution in [2.45, 2.75) is 38.5 Å². The average molecular weight is 748 g/mol. The molecule has 0 saturated heterocycles. The molecule has 0 atom stereocenters. The van der Waals surface area contributed by atoms with E-state index in [1.165, 1.54) is 4.90 Å². The van der Waals surface area contributed by atoms with Crippen molar-refractivity contribution in [1.82, 2.24) is 4.90 Å². The Balaban J connectivity index is -0.0000000838. The first kappa shape index (κ1) is 52.8. The minimum absolute atomic E-state index is 0. The summed E-state index contributed by atoms with van der Waals surface area (Å²) in [6, 6.07) is 17.9. The van der Waals surface area contributed by atoms with Gasteiger partial charge in [-0.15, -0.1) is 0 Å². The van der Waals surface area contributed by atoms with Gasteiger partial charge in [-0.25, -0.2) is 4.39 Å². The molecule has 0 unspecified atom stereocenters. The number of hydrogen-bond acceptors (Lipinski definition) is 3. The van der Waals surface area contributed by atoms with Crippen LogP contribution in [0.2, 0.25) is 10.0 Å². The van der Waals surface area contributed by atoms with Crippen LogP contribution in [0.3, 0.4) is 0 Å². The summed E-state index contributed by atoms with van der Waals surface area (Å²) in [5.41, 5.74) is 0.751. The van der Waals surface area contributed by atoms with E-state index in [1.807, 2.05) is 44.2 Å². The van der Waals surface area contributed by atoms with E-state index in [4.69, 9.17) is 42.9 Å². The summed E-state index contributed by atoms with van der Waals surface area (Å²) in [7, 11) is 3.38. The van der Waals surface area contributed by atoms with Crippen molar-refractivity contribution >= 4 is 29.6 Å². The molecule has 1 amide bonds. The van der Waals surface area contributed by atoms with Crippen molar-refractivity contribution in [2.24, 2.45) is 0 Å². The maximum atomic E-state index is 13.6. The molecule has 0 aliphatic rings. The zero-order chi connectivity index (χ0) is 28.4. The van der Waals surface area contributed by atoms with Gasteiger partial charge in [0.25, 0.3) is 0 Å². The standard InChI is InChI=1S/C12H11ClFN.C12H10ClN.C3H7NO.Cs.F2.FH.K.H2O.H/c1-12(2,11(14)7-8-15)9-3-5-10(13)6-4-9;1-12(2,8-3-9-14)10-4-6-11(13)7-5-10;1-4(2)3-5;;1-2;;;;/h3-7H,1-2H3;4-7H,1-2H3;3H,1-2H3;;;1H;;1H2;/q;;;+1;;;+1;;-1/p-1/b11-7-;;;;;;;;. The molecule has 0 saturated carbocycles. The Morgan fingerprint density at radius 3 is 1.57 bits per heavy atom. The molecule has 0 radical (unpaired) electrons. The van der Waals surface area contributed by atoms with Gasteiger partial charge < -0.3 is 16.5 Å². The van der Waals surface area contributed by atoms with Gasteiger partial charge in [0.2, 0.25) is 6.41 Å². The van der Waals surface area contributed by atoms with Gasteiger partial charge in [0.05, 0.1) is 11.5 Å². The fraction of sp³-hybridized carbons (Fsp3) is 0.296. The number of benzene rings is 2. The van der Waals surface area contributed by atoms with Crippen LogP contribution in [-0.4, -0.2) is 30.9 Å². The Labute approximate surface area is 347 Å². The zero-order valence-electron chi connectivity index (χ0n) is 24.8. The van der Waals surface area contributed by atoms with Gasteiger partial charge in [0, 0.05) is 50.7 Å². The van der Waals surface area contributed by atoms with E-state index in [1.54, 1.807) is 58.3 Å². The number of hydrogen-bond donors (Lipinski definition) is 0. The third-order valence-electron chi connectivity index (χ3n) is 4.56. The quantitative estimate of drug-likeness (QED) is 0.119. The predicted octanol–water partition coefficient (Wildman–Crippen LogP) is -2.02. The number of amides is 1. The molecule has 0 spiro atoms. The van der Waals surface area contributed by atoms with Crippen LogP contribution in [0.5, 0.6) is 0 Å². The predicted molar refractivity (Wildman–Crippen MR) is 144 cm³/mol. The number of carbonyl (C=O) groups is 1.